The Balaban J connectivity index is 2.48. The zero-order valence-corrected chi connectivity index (χ0v) is 9.81. The Kier molecular flexibility index (Phi) is 3.00. The van der Waals surface area contributed by atoms with Crippen LogP contribution < -0.4 is 0 Å². The molecule has 17 heavy (non-hydrogen) atoms. The number of aliphatic carboxylic acids is 1. The van der Waals surface area contributed by atoms with Crippen molar-refractivity contribution in [3.63, 3.8) is 0 Å². The van der Waals surface area contributed by atoms with Crippen molar-refractivity contribution in [1.29, 1.82) is 0 Å². The normalized spacial score (nSPS) is 10.6. The van der Waals surface area contributed by atoms with Crippen molar-refractivity contribution >= 4 is 16.9 Å². The molecule has 0 unspecified atom stereocenters. The molecule has 2 aromatic rings. The monoisotopic (exact) mass is 229 g/mol. The van der Waals surface area contributed by atoms with E-state index >= 15 is 0 Å². The van der Waals surface area contributed by atoms with Crippen LogP contribution in [0.3, 0.4) is 0 Å². The summed E-state index contributed by atoms with van der Waals surface area (Å²) in [6.07, 6.45) is 2.85. The first-order valence-electron chi connectivity index (χ1n) is 5.61. The van der Waals surface area contributed by atoms with E-state index in [0.29, 0.717) is 6.54 Å². The number of benzene rings is 1. The molecule has 1 aromatic carbocycles. The smallest absolute Gasteiger partial charge is 0.332 e. The third-order valence-corrected chi connectivity index (χ3v) is 2.92. The summed E-state index contributed by atoms with van der Waals surface area (Å²) in [5, 5.41) is 10.0. The summed E-state index contributed by atoms with van der Waals surface area (Å²) in [5.41, 5.74) is 2.54. The second-order valence-corrected chi connectivity index (χ2v) is 4.06. The molecule has 3 nitrogen and oxygen atoms in total. The van der Waals surface area contributed by atoms with Gasteiger partial charge in [-0.05, 0) is 23.4 Å². The highest BCUT2D eigenvalue weighted by molar-refractivity contribution is 5.87. The van der Waals surface area contributed by atoms with Crippen molar-refractivity contribution in [2.24, 2.45) is 0 Å². The Morgan fingerprint density at radius 3 is 2.82 bits per heavy atom. The molecule has 1 N–H and O–H groups in total. The van der Waals surface area contributed by atoms with Crippen molar-refractivity contribution in [2.75, 3.05) is 0 Å². The second-order valence-electron chi connectivity index (χ2n) is 4.06. The van der Waals surface area contributed by atoms with Gasteiger partial charge in [0.1, 0.15) is 0 Å². The molecule has 0 saturated heterocycles. The average molecular weight is 229 g/mol. The van der Waals surface area contributed by atoms with Crippen LogP contribution in [-0.2, 0) is 17.8 Å². The van der Waals surface area contributed by atoms with E-state index in [1.54, 1.807) is 0 Å². The fourth-order valence-electron chi connectivity index (χ4n) is 2.03. The van der Waals surface area contributed by atoms with Gasteiger partial charge in [0.2, 0.25) is 0 Å². The van der Waals surface area contributed by atoms with Crippen molar-refractivity contribution in [2.45, 2.75) is 19.9 Å². The molecule has 0 atom stereocenters. The number of para-hydroxylation sites is 1. The molecule has 0 saturated carbocycles. The van der Waals surface area contributed by atoms with Crippen LogP contribution in [0.25, 0.3) is 10.9 Å². The van der Waals surface area contributed by atoms with E-state index < -0.39 is 5.97 Å². The van der Waals surface area contributed by atoms with Gasteiger partial charge >= 0.3 is 5.97 Å². The molecule has 1 aromatic heterocycles. The van der Waals surface area contributed by atoms with Gasteiger partial charge in [0, 0.05) is 11.8 Å². The molecule has 88 valence electrons. The van der Waals surface area contributed by atoms with Crippen LogP contribution in [-0.4, -0.2) is 15.6 Å². The Hall–Kier alpha value is -2.03. The summed E-state index contributed by atoms with van der Waals surface area (Å²) in [5.74, 6) is -0.944. The van der Waals surface area contributed by atoms with Gasteiger partial charge in [-0.15, -0.1) is 0 Å². The van der Waals surface area contributed by atoms with E-state index in [2.05, 4.69) is 19.6 Å². The Morgan fingerprint density at radius 1 is 1.41 bits per heavy atom. The lowest BCUT2D eigenvalue weighted by Crippen LogP contribution is -2.07. The van der Waals surface area contributed by atoms with Gasteiger partial charge in [0.25, 0.3) is 0 Å². The van der Waals surface area contributed by atoms with Crippen molar-refractivity contribution in [3.05, 3.63) is 48.2 Å². The number of fused-ring (bicyclic) bond motifs is 1. The molecule has 2 rings (SSSR count). The molecule has 1 heterocycles. The van der Waals surface area contributed by atoms with Crippen molar-refractivity contribution in [1.82, 2.24) is 4.57 Å². The predicted molar refractivity (Wildman–Crippen MR) is 68.1 cm³/mol. The molecule has 0 amide bonds. The number of rotatable bonds is 4. The van der Waals surface area contributed by atoms with Crippen LogP contribution in [0.1, 0.15) is 12.5 Å². The maximum atomic E-state index is 10.8. The van der Waals surface area contributed by atoms with Gasteiger partial charge in [-0.3, -0.25) is 0 Å². The third kappa shape index (κ3) is 2.09. The minimum Gasteiger partial charge on any atom is -0.478 e. The summed E-state index contributed by atoms with van der Waals surface area (Å²) >= 11 is 0. The maximum Gasteiger partial charge on any atom is 0.332 e. The minimum absolute atomic E-state index is 0.202. The van der Waals surface area contributed by atoms with Crippen LogP contribution in [0.4, 0.5) is 0 Å². The van der Waals surface area contributed by atoms with E-state index in [1.807, 2.05) is 29.0 Å². The number of carboxylic acid groups (broad SMARTS) is 1. The molecule has 0 aliphatic rings. The van der Waals surface area contributed by atoms with Crippen LogP contribution in [0.15, 0.2) is 42.6 Å². The largest absolute Gasteiger partial charge is 0.478 e. The van der Waals surface area contributed by atoms with Gasteiger partial charge in [0.15, 0.2) is 0 Å². The van der Waals surface area contributed by atoms with Crippen molar-refractivity contribution in [3.8, 4) is 0 Å². The molecule has 0 spiro atoms. The molecule has 0 aliphatic carbocycles. The topological polar surface area (TPSA) is 42.2 Å². The van der Waals surface area contributed by atoms with Gasteiger partial charge in [0.05, 0.1) is 12.1 Å². The van der Waals surface area contributed by atoms with Gasteiger partial charge in [-0.2, -0.15) is 0 Å². The maximum absolute atomic E-state index is 10.8. The number of carboxylic acids is 1. The first-order valence-corrected chi connectivity index (χ1v) is 5.61. The summed E-state index contributed by atoms with van der Waals surface area (Å²) in [7, 11) is 0. The lowest BCUT2D eigenvalue weighted by atomic mass is 10.1. The quantitative estimate of drug-likeness (QED) is 0.819. The standard InChI is InChI=1S/C14H15NO2/c1-3-11-5-4-6-12-7-8-15(13(11)12)9-10(2)14(16)17/h4-8H,2-3,9H2,1H3,(H,16,17). The summed E-state index contributed by atoms with van der Waals surface area (Å²) in [6.45, 7) is 6.00. The highest BCUT2D eigenvalue weighted by Gasteiger charge is 2.09. The number of hydrogen-bond acceptors (Lipinski definition) is 1. The highest BCUT2D eigenvalue weighted by atomic mass is 16.4. The fraction of sp³-hybridized carbons (Fsp3) is 0.214. The van der Waals surface area contributed by atoms with E-state index in [0.717, 1.165) is 17.3 Å². The van der Waals surface area contributed by atoms with Crippen molar-refractivity contribution < 1.29 is 9.90 Å². The lowest BCUT2D eigenvalue weighted by Gasteiger charge is -2.08. The SMILES string of the molecule is C=C(Cn1ccc2cccc(CC)c21)C(=O)O. The Bertz CT molecular complexity index is 581. The molecule has 0 radical (unpaired) electrons. The number of aryl methyl sites for hydroxylation is 1. The first-order chi connectivity index (χ1) is 8.13. The zero-order chi connectivity index (χ0) is 12.4. The van der Waals surface area contributed by atoms with Crippen LogP contribution in [0, 0.1) is 0 Å². The summed E-state index contributed by atoms with van der Waals surface area (Å²) in [4.78, 5) is 10.8. The molecular formula is C14H15NO2. The van der Waals surface area contributed by atoms with Gasteiger partial charge < -0.3 is 9.67 Å². The van der Waals surface area contributed by atoms with E-state index in [-0.39, 0.29) is 5.57 Å². The molecule has 3 heteroatoms. The molecule has 0 bridgehead atoms. The first kappa shape index (κ1) is 11.5. The van der Waals surface area contributed by atoms with Crippen LogP contribution in [0.2, 0.25) is 0 Å². The second kappa shape index (κ2) is 4.45. The van der Waals surface area contributed by atoms with E-state index in [1.165, 1.54) is 5.56 Å². The Morgan fingerprint density at radius 2 is 2.18 bits per heavy atom. The van der Waals surface area contributed by atoms with E-state index in [9.17, 15) is 4.79 Å². The Labute approximate surface area is 100.0 Å². The van der Waals surface area contributed by atoms with Gasteiger partial charge in [-0.1, -0.05) is 31.7 Å². The third-order valence-electron chi connectivity index (χ3n) is 2.92. The predicted octanol–water partition coefficient (Wildman–Crippen LogP) is 2.84. The van der Waals surface area contributed by atoms with Crippen LogP contribution in [0.5, 0.6) is 0 Å². The average Bonchev–Trinajstić information content (AvgIpc) is 2.72. The highest BCUT2D eigenvalue weighted by Crippen LogP contribution is 2.21. The molecule has 0 fully saturated rings. The fourth-order valence-corrected chi connectivity index (χ4v) is 2.03. The zero-order valence-electron chi connectivity index (χ0n) is 9.81. The minimum atomic E-state index is -0.944. The number of nitrogens with zero attached hydrogens (tertiary/aromatic N) is 1. The summed E-state index contributed by atoms with van der Waals surface area (Å²) in [6, 6.07) is 8.14. The molecule has 0 aliphatic heterocycles. The summed E-state index contributed by atoms with van der Waals surface area (Å²) < 4.78 is 1.95. The lowest BCUT2D eigenvalue weighted by molar-refractivity contribution is -0.132. The molecular weight excluding hydrogens is 214 g/mol. The van der Waals surface area contributed by atoms with E-state index in [4.69, 9.17) is 5.11 Å². The number of aromatic nitrogens is 1. The van der Waals surface area contributed by atoms with Crippen LogP contribution >= 0.6 is 0 Å². The number of carbonyl (C=O) groups is 1. The van der Waals surface area contributed by atoms with Gasteiger partial charge in [-0.25, -0.2) is 4.79 Å². The number of hydrogen-bond donors (Lipinski definition) is 1.